The lowest BCUT2D eigenvalue weighted by atomic mass is 9.78. The zero-order valence-electron chi connectivity index (χ0n) is 13.0. The Morgan fingerprint density at radius 3 is 2.11 bits per heavy atom. The summed E-state index contributed by atoms with van der Waals surface area (Å²) in [4.78, 5) is 2.69. The third-order valence-corrected chi connectivity index (χ3v) is 5.09. The van der Waals surface area contributed by atoms with Gasteiger partial charge in [0.15, 0.2) is 0 Å². The Bertz CT molecular complexity index is 217. The highest BCUT2D eigenvalue weighted by molar-refractivity contribution is 4.99. The van der Waals surface area contributed by atoms with E-state index in [-0.39, 0.29) is 5.54 Å². The molecule has 1 fully saturated rings. The molecule has 0 radical (unpaired) electrons. The molecule has 0 saturated carbocycles. The maximum Gasteiger partial charge on any atom is 0.0355 e. The van der Waals surface area contributed by atoms with Gasteiger partial charge in [-0.2, -0.15) is 0 Å². The summed E-state index contributed by atoms with van der Waals surface area (Å²) < 4.78 is 0. The smallest absolute Gasteiger partial charge is 0.0355 e. The van der Waals surface area contributed by atoms with Crippen LogP contribution < -0.4 is 5.73 Å². The summed E-state index contributed by atoms with van der Waals surface area (Å²) in [6.45, 7) is 11.8. The highest BCUT2D eigenvalue weighted by Gasteiger charge is 2.40. The first-order valence-electron chi connectivity index (χ1n) is 8.11. The fourth-order valence-corrected chi connectivity index (χ4v) is 3.88. The van der Waals surface area contributed by atoms with Crippen molar-refractivity contribution in [3.05, 3.63) is 0 Å². The fraction of sp³-hybridized carbons (Fsp3) is 1.00. The van der Waals surface area contributed by atoms with Crippen LogP contribution in [0.5, 0.6) is 0 Å². The van der Waals surface area contributed by atoms with E-state index < -0.39 is 0 Å². The number of nitrogens with two attached hydrogens (primary N) is 1. The second kappa shape index (κ2) is 7.49. The zero-order chi connectivity index (χ0) is 13.6. The maximum absolute atomic E-state index is 6.64. The Hall–Kier alpha value is -0.0800. The Kier molecular flexibility index (Phi) is 6.65. The lowest BCUT2D eigenvalue weighted by Gasteiger charge is -2.46. The molecule has 2 heteroatoms. The van der Waals surface area contributed by atoms with Gasteiger partial charge in [0.1, 0.15) is 0 Å². The minimum absolute atomic E-state index is 0.262. The molecule has 1 heterocycles. The van der Waals surface area contributed by atoms with E-state index in [1.807, 2.05) is 0 Å². The van der Waals surface area contributed by atoms with Crippen LogP contribution in [0.1, 0.15) is 72.6 Å². The number of hydrogen-bond acceptors (Lipinski definition) is 2. The van der Waals surface area contributed by atoms with Gasteiger partial charge in [0.25, 0.3) is 0 Å². The molecule has 1 aliphatic rings. The predicted octanol–water partition coefficient (Wildman–Crippen LogP) is 3.79. The molecule has 0 aromatic rings. The summed E-state index contributed by atoms with van der Waals surface area (Å²) in [5, 5.41) is 0. The third kappa shape index (κ3) is 3.48. The van der Waals surface area contributed by atoms with E-state index in [1.165, 1.54) is 58.0 Å². The van der Waals surface area contributed by atoms with Crippen LogP contribution in [0.15, 0.2) is 0 Å². The van der Waals surface area contributed by atoms with Crippen molar-refractivity contribution in [2.24, 2.45) is 11.7 Å². The van der Waals surface area contributed by atoms with E-state index in [9.17, 15) is 0 Å². The van der Waals surface area contributed by atoms with Crippen molar-refractivity contribution < 1.29 is 0 Å². The molecule has 18 heavy (non-hydrogen) atoms. The van der Waals surface area contributed by atoms with E-state index >= 15 is 0 Å². The Labute approximate surface area is 114 Å². The number of rotatable bonds is 8. The monoisotopic (exact) mass is 254 g/mol. The molecular weight excluding hydrogens is 220 g/mol. The molecule has 1 aliphatic heterocycles. The van der Waals surface area contributed by atoms with Crippen molar-refractivity contribution in [2.75, 3.05) is 13.1 Å². The Balaban J connectivity index is 2.69. The van der Waals surface area contributed by atoms with Crippen LogP contribution in [0.25, 0.3) is 0 Å². The summed E-state index contributed by atoms with van der Waals surface area (Å²) in [6, 6.07) is 0.340. The van der Waals surface area contributed by atoms with Crippen molar-refractivity contribution in [3.63, 3.8) is 0 Å². The highest BCUT2D eigenvalue weighted by Crippen LogP contribution is 2.33. The van der Waals surface area contributed by atoms with E-state index in [4.69, 9.17) is 5.73 Å². The lowest BCUT2D eigenvalue weighted by molar-refractivity contribution is 0.0677. The van der Waals surface area contributed by atoms with Crippen LogP contribution in [0.3, 0.4) is 0 Å². The molecule has 0 bridgehead atoms. The first-order chi connectivity index (χ1) is 8.60. The first-order valence-corrected chi connectivity index (χ1v) is 8.11. The number of hydrogen-bond donors (Lipinski definition) is 1. The van der Waals surface area contributed by atoms with Crippen molar-refractivity contribution in [3.8, 4) is 0 Å². The minimum Gasteiger partial charge on any atom is -0.326 e. The first kappa shape index (κ1) is 16.0. The van der Waals surface area contributed by atoms with E-state index in [0.29, 0.717) is 6.04 Å². The number of nitrogens with zero attached hydrogens (tertiary/aromatic N) is 1. The lowest BCUT2D eigenvalue weighted by Crippen LogP contribution is -2.59. The molecule has 1 rings (SSSR count). The second-order valence-electron chi connectivity index (χ2n) is 6.24. The SMILES string of the molecule is CCCC(C)CC(N)C(CC)(CC)N1CCCC1. The van der Waals surface area contributed by atoms with Gasteiger partial charge in [-0.25, -0.2) is 0 Å². The average molecular weight is 254 g/mol. The summed E-state index contributed by atoms with van der Waals surface area (Å²) in [5.74, 6) is 0.769. The molecule has 2 unspecified atom stereocenters. The van der Waals surface area contributed by atoms with Crippen molar-refractivity contribution in [1.29, 1.82) is 0 Å². The van der Waals surface area contributed by atoms with Crippen molar-refractivity contribution in [1.82, 2.24) is 4.90 Å². The zero-order valence-corrected chi connectivity index (χ0v) is 13.0. The molecule has 2 atom stereocenters. The van der Waals surface area contributed by atoms with Gasteiger partial charge in [-0.15, -0.1) is 0 Å². The minimum atomic E-state index is 0.262. The summed E-state index contributed by atoms with van der Waals surface area (Å²) >= 11 is 0. The third-order valence-electron chi connectivity index (χ3n) is 5.09. The van der Waals surface area contributed by atoms with Crippen LogP contribution >= 0.6 is 0 Å². The normalized spacial score (nSPS) is 21.2. The maximum atomic E-state index is 6.64. The molecule has 2 nitrogen and oxygen atoms in total. The molecule has 1 saturated heterocycles. The molecule has 2 N–H and O–H groups in total. The molecule has 0 spiro atoms. The van der Waals surface area contributed by atoms with Crippen molar-refractivity contribution in [2.45, 2.75) is 84.2 Å². The summed E-state index contributed by atoms with van der Waals surface area (Å²) in [5.41, 5.74) is 6.91. The van der Waals surface area contributed by atoms with E-state index in [2.05, 4.69) is 32.6 Å². The van der Waals surface area contributed by atoms with Gasteiger partial charge in [0.05, 0.1) is 0 Å². The predicted molar refractivity (Wildman–Crippen MR) is 80.8 cm³/mol. The van der Waals surface area contributed by atoms with Crippen LogP contribution in [0.2, 0.25) is 0 Å². The average Bonchev–Trinajstić information content (AvgIpc) is 2.86. The van der Waals surface area contributed by atoms with Crippen molar-refractivity contribution >= 4 is 0 Å². The summed E-state index contributed by atoms with van der Waals surface area (Å²) in [7, 11) is 0. The Morgan fingerprint density at radius 2 is 1.67 bits per heavy atom. The number of likely N-dealkylation sites (tertiary alicyclic amines) is 1. The van der Waals surface area contributed by atoms with Gasteiger partial charge in [-0.05, 0) is 51.1 Å². The molecule has 0 aliphatic carbocycles. The fourth-order valence-electron chi connectivity index (χ4n) is 3.88. The second-order valence-corrected chi connectivity index (χ2v) is 6.24. The van der Waals surface area contributed by atoms with E-state index in [0.717, 1.165) is 5.92 Å². The van der Waals surface area contributed by atoms with Crippen LogP contribution in [-0.2, 0) is 0 Å². The van der Waals surface area contributed by atoms with Gasteiger partial charge >= 0.3 is 0 Å². The van der Waals surface area contributed by atoms with Crippen LogP contribution in [-0.4, -0.2) is 29.6 Å². The van der Waals surface area contributed by atoms with Gasteiger partial charge in [0.2, 0.25) is 0 Å². The molecule has 0 amide bonds. The molecule has 0 aromatic heterocycles. The quantitative estimate of drug-likeness (QED) is 0.714. The molecular formula is C16H34N2. The van der Waals surface area contributed by atoms with Gasteiger partial charge in [0, 0.05) is 11.6 Å². The molecule has 0 aromatic carbocycles. The van der Waals surface area contributed by atoms with Gasteiger partial charge in [-0.3, -0.25) is 4.90 Å². The van der Waals surface area contributed by atoms with Gasteiger partial charge in [-0.1, -0.05) is 40.5 Å². The van der Waals surface area contributed by atoms with Crippen LogP contribution in [0.4, 0.5) is 0 Å². The largest absolute Gasteiger partial charge is 0.326 e. The topological polar surface area (TPSA) is 29.3 Å². The summed E-state index contributed by atoms with van der Waals surface area (Å²) in [6.07, 6.45) is 8.90. The Morgan fingerprint density at radius 1 is 1.11 bits per heavy atom. The van der Waals surface area contributed by atoms with Crippen LogP contribution in [0, 0.1) is 5.92 Å². The molecule has 108 valence electrons. The highest BCUT2D eigenvalue weighted by atomic mass is 15.2. The standard InChI is InChI=1S/C16H34N2/c1-5-10-14(4)13-15(17)16(6-2,7-3)18-11-8-9-12-18/h14-15H,5-13,17H2,1-4H3. The van der Waals surface area contributed by atoms with Gasteiger partial charge < -0.3 is 5.73 Å². The van der Waals surface area contributed by atoms with E-state index in [1.54, 1.807) is 0 Å².